The van der Waals surface area contributed by atoms with Gasteiger partial charge in [0.15, 0.2) is 0 Å². The molecule has 1 fully saturated rings. The Hall–Kier alpha value is -0.530. The van der Waals surface area contributed by atoms with E-state index in [0.29, 0.717) is 11.8 Å². The van der Waals surface area contributed by atoms with Crippen LogP contribution in [0, 0.1) is 18.3 Å². The molecule has 0 aromatic carbocycles. The van der Waals surface area contributed by atoms with Gasteiger partial charge < -0.3 is 4.90 Å². The summed E-state index contributed by atoms with van der Waals surface area (Å²) in [5.74, 6) is 1.32. The number of hydrogen-bond donors (Lipinski definition) is 1. The second kappa shape index (κ2) is 3.04. The van der Waals surface area contributed by atoms with Gasteiger partial charge in [-0.25, -0.2) is 0 Å². The van der Waals surface area contributed by atoms with Crippen molar-refractivity contribution in [3.63, 3.8) is 0 Å². The molecule has 1 radical (unpaired) electrons. The van der Waals surface area contributed by atoms with Crippen molar-refractivity contribution in [1.82, 2.24) is 4.90 Å². The third-order valence-electron chi connectivity index (χ3n) is 2.09. The molecule has 1 heterocycles. The second-order valence-corrected chi connectivity index (χ2v) is 3.02. The Kier molecular flexibility index (Phi) is 2.30. The van der Waals surface area contributed by atoms with Crippen LogP contribution in [0.25, 0.3) is 0 Å². The number of nitrogens with one attached hydrogen (secondary N) is 1. The van der Waals surface area contributed by atoms with E-state index in [9.17, 15) is 0 Å². The molecule has 0 amide bonds. The minimum Gasteiger partial charge on any atom is -0.361 e. The smallest absolute Gasteiger partial charge is 0.0925 e. The van der Waals surface area contributed by atoms with E-state index < -0.39 is 0 Å². The molecule has 0 spiro atoms. The minimum absolute atomic E-state index is 0.621. The number of rotatable bonds is 0. The summed E-state index contributed by atoms with van der Waals surface area (Å²) in [5, 5.41) is 7.36. The molecule has 0 atom stereocenters. The lowest BCUT2D eigenvalue weighted by atomic mass is 9.99. The van der Waals surface area contributed by atoms with Gasteiger partial charge in [0.25, 0.3) is 0 Å². The fraction of sp³-hybridized carbons (Fsp3) is 0.750. The van der Waals surface area contributed by atoms with Crippen molar-refractivity contribution in [3.05, 3.63) is 6.92 Å². The van der Waals surface area contributed by atoms with E-state index in [0.717, 1.165) is 25.9 Å². The molecule has 1 aliphatic rings. The van der Waals surface area contributed by atoms with Gasteiger partial charge in [-0.2, -0.15) is 0 Å². The Balaban J connectivity index is 2.33. The van der Waals surface area contributed by atoms with E-state index in [1.54, 1.807) is 0 Å². The van der Waals surface area contributed by atoms with Crippen LogP contribution in [0.1, 0.15) is 19.8 Å². The Morgan fingerprint density at radius 1 is 1.50 bits per heavy atom. The van der Waals surface area contributed by atoms with Crippen LogP contribution in [0.2, 0.25) is 0 Å². The molecule has 1 N–H and O–H groups in total. The van der Waals surface area contributed by atoms with E-state index in [1.165, 1.54) is 0 Å². The van der Waals surface area contributed by atoms with Crippen LogP contribution in [0.3, 0.4) is 0 Å². The van der Waals surface area contributed by atoms with Crippen LogP contribution in [0.15, 0.2) is 0 Å². The lowest BCUT2D eigenvalue weighted by Crippen LogP contribution is -2.35. The minimum atomic E-state index is 0.621. The number of likely N-dealkylation sites (tertiary alicyclic amines) is 1. The van der Waals surface area contributed by atoms with Crippen LogP contribution < -0.4 is 0 Å². The monoisotopic (exact) mass is 139 g/mol. The summed E-state index contributed by atoms with van der Waals surface area (Å²) in [4.78, 5) is 2.11. The van der Waals surface area contributed by atoms with Crippen LogP contribution in [0.4, 0.5) is 0 Å². The molecule has 2 nitrogen and oxygen atoms in total. The molecule has 0 bridgehead atoms. The third-order valence-corrected chi connectivity index (χ3v) is 2.09. The standard InChI is InChI=1S/C8H15N2/c1-7-3-5-10(6-4-7)8(2)9/h7,9H,1,3-6H2,2H3. The predicted octanol–water partition coefficient (Wildman–Crippen LogP) is 1.53. The lowest BCUT2D eigenvalue weighted by Gasteiger charge is -2.30. The van der Waals surface area contributed by atoms with Gasteiger partial charge in [-0.05, 0) is 25.7 Å². The molecule has 0 saturated carbocycles. The summed E-state index contributed by atoms with van der Waals surface area (Å²) in [6, 6.07) is 0. The van der Waals surface area contributed by atoms with Crippen molar-refractivity contribution in [3.8, 4) is 0 Å². The van der Waals surface area contributed by atoms with E-state index in [2.05, 4.69) is 11.8 Å². The topological polar surface area (TPSA) is 27.1 Å². The lowest BCUT2D eigenvalue weighted by molar-refractivity contribution is 0.295. The van der Waals surface area contributed by atoms with Crippen molar-refractivity contribution in [2.24, 2.45) is 5.92 Å². The van der Waals surface area contributed by atoms with Gasteiger partial charge in [0, 0.05) is 13.1 Å². The third kappa shape index (κ3) is 1.72. The largest absolute Gasteiger partial charge is 0.361 e. The van der Waals surface area contributed by atoms with E-state index in [4.69, 9.17) is 5.41 Å². The summed E-state index contributed by atoms with van der Waals surface area (Å²) in [6.07, 6.45) is 2.30. The summed E-state index contributed by atoms with van der Waals surface area (Å²) in [5.41, 5.74) is 0. The molecule has 0 aromatic heterocycles. The van der Waals surface area contributed by atoms with Crippen LogP contribution in [0.5, 0.6) is 0 Å². The zero-order chi connectivity index (χ0) is 7.56. The van der Waals surface area contributed by atoms with Crippen molar-refractivity contribution in [1.29, 1.82) is 5.41 Å². The first-order valence-electron chi connectivity index (χ1n) is 3.83. The molecule has 57 valence electrons. The molecule has 0 aliphatic carbocycles. The first-order chi connectivity index (χ1) is 4.70. The highest BCUT2D eigenvalue weighted by atomic mass is 15.2. The average Bonchev–Trinajstić information content (AvgIpc) is 1.88. The highest BCUT2D eigenvalue weighted by molar-refractivity contribution is 5.76. The normalized spacial score (nSPS) is 21.2. The van der Waals surface area contributed by atoms with Gasteiger partial charge >= 0.3 is 0 Å². The maximum atomic E-state index is 7.36. The Bertz CT molecular complexity index is 123. The van der Waals surface area contributed by atoms with E-state index >= 15 is 0 Å². The van der Waals surface area contributed by atoms with Gasteiger partial charge in [-0.3, -0.25) is 5.41 Å². The number of piperidine rings is 1. The summed E-state index contributed by atoms with van der Waals surface area (Å²) in [6.45, 7) is 7.91. The number of nitrogens with zero attached hydrogens (tertiary/aromatic N) is 1. The van der Waals surface area contributed by atoms with E-state index in [-0.39, 0.29) is 0 Å². The van der Waals surface area contributed by atoms with Crippen molar-refractivity contribution in [2.75, 3.05) is 13.1 Å². The van der Waals surface area contributed by atoms with Crippen LogP contribution in [-0.2, 0) is 0 Å². The van der Waals surface area contributed by atoms with Gasteiger partial charge in [0.1, 0.15) is 0 Å². The molecule has 0 aromatic rings. The molecular formula is C8H15N2. The fourth-order valence-electron chi connectivity index (χ4n) is 1.27. The quantitative estimate of drug-likeness (QED) is 0.400. The van der Waals surface area contributed by atoms with Gasteiger partial charge in [-0.1, -0.05) is 6.92 Å². The SMILES string of the molecule is [CH2]C1CCN(C(C)=N)CC1. The Labute approximate surface area is 62.7 Å². The number of amidine groups is 1. The van der Waals surface area contributed by atoms with Crippen molar-refractivity contribution in [2.45, 2.75) is 19.8 Å². The van der Waals surface area contributed by atoms with Gasteiger partial charge in [0.2, 0.25) is 0 Å². The van der Waals surface area contributed by atoms with Crippen molar-refractivity contribution >= 4 is 5.84 Å². The van der Waals surface area contributed by atoms with Gasteiger partial charge in [-0.15, -0.1) is 0 Å². The maximum Gasteiger partial charge on any atom is 0.0925 e. The molecule has 1 aliphatic heterocycles. The van der Waals surface area contributed by atoms with Crippen LogP contribution in [-0.4, -0.2) is 23.8 Å². The number of hydrogen-bond acceptors (Lipinski definition) is 1. The zero-order valence-electron chi connectivity index (χ0n) is 6.56. The first kappa shape index (κ1) is 7.58. The summed E-state index contributed by atoms with van der Waals surface area (Å²) in [7, 11) is 0. The van der Waals surface area contributed by atoms with Crippen LogP contribution >= 0.6 is 0 Å². The molecule has 2 heteroatoms. The Morgan fingerprint density at radius 3 is 2.40 bits per heavy atom. The highest BCUT2D eigenvalue weighted by Gasteiger charge is 2.14. The zero-order valence-corrected chi connectivity index (χ0v) is 6.56. The maximum absolute atomic E-state index is 7.36. The van der Waals surface area contributed by atoms with E-state index in [1.807, 2.05) is 6.92 Å². The molecule has 1 rings (SSSR count). The molecule has 1 saturated heterocycles. The first-order valence-corrected chi connectivity index (χ1v) is 3.83. The molecular weight excluding hydrogens is 124 g/mol. The molecule has 0 unspecified atom stereocenters. The average molecular weight is 139 g/mol. The predicted molar refractivity (Wildman–Crippen MR) is 43.1 cm³/mol. The highest BCUT2D eigenvalue weighted by Crippen LogP contribution is 2.15. The van der Waals surface area contributed by atoms with Crippen molar-refractivity contribution < 1.29 is 0 Å². The second-order valence-electron chi connectivity index (χ2n) is 3.02. The fourth-order valence-corrected chi connectivity index (χ4v) is 1.27. The molecule has 10 heavy (non-hydrogen) atoms. The van der Waals surface area contributed by atoms with Gasteiger partial charge in [0.05, 0.1) is 5.84 Å². The summed E-state index contributed by atoms with van der Waals surface area (Å²) >= 11 is 0. The summed E-state index contributed by atoms with van der Waals surface area (Å²) < 4.78 is 0. The Morgan fingerprint density at radius 2 is 2.00 bits per heavy atom.